The van der Waals surface area contributed by atoms with Crippen LogP contribution in [0, 0.1) is 16.0 Å². The van der Waals surface area contributed by atoms with Crippen molar-refractivity contribution in [3.63, 3.8) is 0 Å². The van der Waals surface area contributed by atoms with E-state index in [1.807, 2.05) is 0 Å². The second-order valence-electron chi connectivity index (χ2n) is 4.81. The van der Waals surface area contributed by atoms with E-state index in [1.165, 1.54) is 0 Å². The molecule has 0 spiro atoms. The van der Waals surface area contributed by atoms with E-state index >= 15 is 0 Å². The molecule has 0 aliphatic heterocycles. The highest BCUT2D eigenvalue weighted by Gasteiger charge is 2.34. The topological polar surface area (TPSA) is 142 Å². The van der Waals surface area contributed by atoms with Crippen molar-refractivity contribution >= 4 is 17.6 Å². The number of hydrogen-bond acceptors (Lipinski definition) is 5. The predicted octanol–water partition coefficient (Wildman–Crippen LogP) is 0.266. The standard InChI is InChI=1S/C12H13N3O6/c16-10-8(4-6(5-13-10)15(20)21)11(17)14-9-3-1-2-7(9)12(18)19/h4-5,7,9H,1-3H2,(H,13,16)(H,14,17)(H,18,19). The summed E-state index contributed by atoms with van der Waals surface area (Å²) in [5, 5.41) is 22.1. The minimum atomic E-state index is -1.01. The summed E-state index contributed by atoms with van der Waals surface area (Å²) in [6.07, 6.45) is 2.50. The van der Waals surface area contributed by atoms with E-state index in [1.54, 1.807) is 0 Å². The van der Waals surface area contributed by atoms with Crippen molar-refractivity contribution in [3.05, 3.63) is 38.3 Å². The van der Waals surface area contributed by atoms with E-state index in [2.05, 4.69) is 10.3 Å². The van der Waals surface area contributed by atoms with Crippen molar-refractivity contribution in [2.24, 2.45) is 5.92 Å². The second kappa shape index (κ2) is 5.73. The molecule has 0 bridgehead atoms. The third-order valence-corrected chi connectivity index (χ3v) is 3.49. The number of carboxylic acids is 1. The summed E-state index contributed by atoms with van der Waals surface area (Å²) in [6, 6.07) is 0.299. The molecule has 3 N–H and O–H groups in total. The van der Waals surface area contributed by atoms with Crippen molar-refractivity contribution in [2.75, 3.05) is 0 Å². The van der Waals surface area contributed by atoms with Gasteiger partial charge >= 0.3 is 5.97 Å². The molecular formula is C12H13N3O6. The molecule has 2 atom stereocenters. The molecule has 1 amide bonds. The van der Waals surface area contributed by atoms with Gasteiger partial charge in [-0.05, 0) is 12.8 Å². The molecule has 1 aromatic heterocycles. The van der Waals surface area contributed by atoms with Crippen LogP contribution >= 0.6 is 0 Å². The average Bonchev–Trinajstić information content (AvgIpc) is 2.87. The molecule has 112 valence electrons. The van der Waals surface area contributed by atoms with E-state index in [-0.39, 0.29) is 0 Å². The van der Waals surface area contributed by atoms with Crippen LogP contribution in [-0.4, -0.2) is 32.9 Å². The van der Waals surface area contributed by atoms with Gasteiger partial charge in [0.25, 0.3) is 17.2 Å². The fourth-order valence-electron chi connectivity index (χ4n) is 2.42. The van der Waals surface area contributed by atoms with E-state index in [4.69, 9.17) is 5.11 Å². The van der Waals surface area contributed by atoms with E-state index < -0.39 is 45.6 Å². The van der Waals surface area contributed by atoms with Crippen LogP contribution in [0.2, 0.25) is 0 Å². The fourth-order valence-corrected chi connectivity index (χ4v) is 2.42. The zero-order valence-electron chi connectivity index (χ0n) is 10.9. The summed E-state index contributed by atoms with van der Waals surface area (Å²) in [7, 11) is 0. The summed E-state index contributed by atoms with van der Waals surface area (Å²) in [5.74, 6) is -2.52. The van der Waals surface area contributed by atoms with Crippen molar-refractivity contribution in [1.29, 1.82) is 0 Å². The second-order valence-corrected chi connectivity index (χ2v) is 4.81. The van der Waals surface area contributed by atoms with Crippen LogP contribution in [-0.2, 0) is 4.79 Å². The third-order valence-electron chi connectivity index (χ3n) is 3.49. The minimum Gasteiger partial charge on any atom is -0.481 e. The first-order chi connectivity index (χ1) is 9.90. The zero-order valence-corrected chi connectivity index (χ0v) is 10.9. The Kier molecular flexibility index (Phi) is 4.01. The van der Waals surface area contributed by atoms with Crippen LogP contribution < -0.4 is 10.9 Å². The van der Waals surface area contributed by atoms with Gasteiger partial charge in [0.15, 0.2) is 0 Å². The molecule has 0 saturated heterocycles. The van der Waals surface area contributed by atoms with E-state index in [9.17, 15) is 24.5 Å². The highest BCUT2D eigenvalue weighted by molar-refractivity contribution is 5.94. The van der Waals surface area contributed by atoms with Gasteiger partial charge in [-0.2, -0.15) is 0 Å². The van der Waals surface area contributed by atoms with Crippen LogP contribution in [0.5, 0.6) is 0 Å². The van der Waals surface area contributed by atoms with Crippen molar-refractivity contribution in [3.8, 4) is 0 Å². The molecule has 1 heterocycles. The Balaban J connectivity index is 2.21. The predicted molar refractivity (Wildman–Crippen MR) is 69.9 cm³/mol. The average molecular weight is 295 g/mol. The maximum atomic E-state index is 12.0. The van der Waals surface area contributed by atoms with E-state index in [0.717, 1.165) is 12.3 Å². The summed E-state index contributed by atoms with van der Waals surface area (Å²) in [5.41, 5.74) is -1.58. The molecule has 1 aliphatic rings. The number of aliphatic carboxylic acids is 1. The molecular weight excluding hydrogens is 282 g/mol. The lowest BCUT2D eigenvalue weighted by molar-refractivity contribution is -0.385. The number of carbonyl (C=O) groups excluding carboxylic acids is 1. The summed E-state index contributed by atoms with van der Waals surface area (Å²) in [4.78, 5) is 46.6. The Labute approximate surface area is 118 Å². The van der Waals surface area contributed by atoms with Crippen molar-refractivity contribution in [1.82, 2.24) is 10.3 Å². The first kappa shape index (κ1) is 14.7. The van der Waals surface area contributed by atoms with Gasteiger partial charge < -0.3 is 15.4 Å². The minimum absolute atomic E-state index is 0.403. The Hall–Kier alpha value is -2.71. The molecule has 9 nitrogen and oxygen atoms in total. The summed E-state index contributed by atoms with van der Waals surface area (Å²) in [6.45, 7) is 0. The molecule has 9 heteroatoms. The van der Waals surface area contributed by atoms with Crippen LogP contribution in [0.1, 0.15) is 29.6 Å². The molecule has 0 aromatic carbocycles. The maximum Gasteiger partial charge on any atom is 0.308 e. The Bertz CT molecular complexity index is 653. The van der Waals surface area contributed by atoms with Crippen LogP contribution in [0.4, 0.5) is 5.69 Å². The number of nitrogens with zero attached hydrogens (tertiary/aromatic N) is 1. The Morgan fingerprint density at radius 3 is 2.76 bits per heavy atom. The molecule has 1 aromatic rings. The van der Waals surface area contributed by atoms with Gasteiger partial charge in [0.2, 0.25) is 0 Å². The lowest BCUT2D eigenvalue weighted by Crippen LogP contribution is -2.41. The largest absolute Gasteiger partial charge is 0.481 e. The number of rotatable bonds is 4. The number of carboxylic acid groups (broad SMARTS) is 1. The lowest BCUT2D eigenvalue weighted by atomic mass is 10.0. The summed E-state index contributed by atoms with van der Waals surface area (Å²) < 4.78 is 0. The fraction of sp³-hybridized carbons (Fsp3) is 0.417. The van der Waals surface area contributed by atoms with Crippen LogP contribution in [0.25, 0.3) is 0 Å². The Morgan fingerprint density at radius 2 is 2.14 bits per heavy atom. The number of amides is 1. The van der Waals surface area contributed by atoms with E-state index in [0.29, 0.717) is 19.3 Å². The van der Waals surface area contributed by atoms with Crippen LogP contribution in [0.15, 0.2) is 17.1 Å². The normalized spacial score (nSPS) is 21.0. The zero-order chi connectivity index (χ0) is 15.6. The molecule has 1 aliphatic carbocycles. The number of nitro groups is 1. The van der Waals surface area contributed by atoms with Gasteiger partial charge in [-0.25, -0.2) is 0 Å². The quantitative estimate of drug-likeness (QED) is 0.537. The number of aromatic amines is 1. The third kappa shape index (κ3) is 3.07. The van der Waals surface area contributed by atoms with Gasteiger partial charge in [-0.1, -0.05) is 6.42 Å². The molecule has 0 radical (unpaired) electrons. The molecule has 2 rings (SSSR count). The number of aromatic nitrogens is 1. The Morgan fingerprint density at radius 1 is 1.43 bits per heavy atom. The number of H-pyrrole nitrogens is 1. The number of nitrogens with one attached hydrogen (secondary N) is 2. The monoisotopic (exact) mass is 295 g/mol. The summed E-state index contributed by atoms with van der Waals surface area (Å²) >= 11 is 0. The van der Waals surface area contributed by atoms with Crippen molar-refractivity contribution in [2.45, 2.75) is 25.3 Å². The molecule has 21 heavy (non-hydrogen) atoms. The molecule has 1 saturated carbocycles. The van der Waals surface area contributed by atoms with Crippen molar-refractivity contribution < 1.29 is 19.6 Å². The first-order valence-electron chi connectivity index (χ1n) is 6.31. The van der Waals surface area contributed by atoms with Gasteiger partial charge in [0.1, 0.15) is 5.56 Å². The smallest absolute Gasteiger partial charge is 0.308 e. The number of hydrogen-bond donors (Lipinski definition) is 3. The number of pyridine rings is 1. The number of carbonyl (C=O) groups is 2. The SMILES string of the molecule is O=C(NC1CCCC1C(=O)O)c1cc([N+](=O)[O-])c[nH]c1=O. The first-order valence-corrected chi connectivity index (χ1v) is 6.31. The van der Waals surface area contributed by atoms with Gasteiger partial charge in [0.05, 0.1) is 17.0 Å². The van der Waals surface area contributed by atoms with Gasteiger partial charge in [0, 0.05) is 12.1 Å². The van der Waals surface area contributed by atoms with Gasteiger partial charge in [-0.3, -0.25) is 24.5 Å². The molecule has 1 fully saturated rings. The van der Waals surface area contributed by atoms with Gasteiger partial charge in [-0.15, -0.1) is 0 Å². The highest BCUT2D eigenvalue weighted by Crippen LogP contribution is 2.26. The maximum absolute atomic E-state index is 12.0. The molecule has 2 unspecified atom stereocenters. The van der Waals surface area contributed by atoms with Crippen LogP contribution in [0.3, 0.4) is 0 Å². The highest BCUT2D eigenvalue weighted by atomic mass is 16.6. The lowest BCUT2D eigenvalue weighted by Gasteiger charge is -2.17.